The fraction of sp³-hybridized carbons (Fsp3) is 0.0476. The number of aromatic carboxylic acids is 1. The summed E-state index contributed by atoms with van der Waals surface area (Å²) in [5.74, 6) is -0.581. The van der Waals surface area contributed by atoms with Gasteiger partial charge in [-0.15, -0.1) is 0 Å². The van der Waals surface area contributed by atoms with E-state index in [1.807, 2.05) is 54.6 Å². The highest BCUT2D eigenvalue weighted by Crippen LogP contribution is 2.22. The van der Waals surface area contributed by atoms with Crippen molar-refractivity contribution in [2.45, 2.75) is 0 Å². The highest BCUT2D eigenvalue weighted by Gasteiger charge is 2.07. The van der Waals surface area contributed by atoms with Crippen LogP contribution in [0.3, 0.4) is 0 Å². The maximum absolute atomic E-state index is 10.5. The Hall–Kier alpha value is -3.58. The highest BCUT2D eigenvalue weighted by atomic mass is 16.5. The summed E-state index contributed by atoms with van der Waals surface area (Å²) >= 11 is 0. The summed E-state index contributed by atoms with van der Waals surface area (Å²) in [5.41, 5.74) is 2.99. The van der Waals surface area contributed by atoms with Crippen molar-refractivity contribution in [2.24, 2.45) is 0 Å². The molecule has 0 spiro atoms. The van der Waals surface area contributed by atoms with E-state index in [0.29, 0.717) is 5.75 Å². The van der Waals surface area contributed by atoms with Crippen LogP contribution in [-0.4, -0.2) is 18.2 Å². The molecule has 0 aromatic heterocycles. The Morgan fingerprint density at radius 2 is 1.52 bits per heavy atom. The van der Waals surface area contributed by atoms with Gasteiger partial charge in [-0.3, -0.25) is 0 Å². The number of ether oxygens (including phenoxy) is 1. The first kappa shape index (κ1) is 17.8. The molecule has 0 aliphatic heterocycles. The van der Waals surface area contributed by atoms with E-state index in [1.165, 1.54) is 13.2 Å². The Bertz CT molecular complexity index is 883. The Balaban J connectivity index is 0.000000186. The summed E-state index contributed by atoms with van der Waals surface area (Å²) in [6.45, 7) is 0. The molecule has 0 fully saturated rings. The van der Waals surface area contributed by atoms with E-state index < -0.39 is 5.97 Å². The zero-order chi connectivity index (χ0) is 18.1. The maximum atomic E-state index is 10.5. The molecular formula is C21H17NO3. The van der Waals surface area contributed by atoms with E-state index in [0.717, 1.165) is 16.7 Å². The van der Waals surface area contributed by atoms with Crippen LogP contribution >= 0.6 is 0 Å². The van der Waals surface area contributed by atoms with Gasteiger partial charge in [0, 0.05) is 0 Å². The second-order valence-corrected chi connectivity index (χ2v) is 5.03. The molecular weight excluding hydrogens is 314 g/mol. The summed E-state index contributed by atoms with van der Waals surface area (Å²) in [4.78, 5) is 10.5. The van der Waals surface area contributed by atoms with Gasteiger partial charge in [-0.2, -0.15) is 5.26 Å². The molecule has 3 aromatic carbocycles. The third kappa shape index (κ3) is 4.69. The smallest absolute Gasteiger partial charge is 0.339 e. The van der Waals surface area contributed by atoms with Gasteiger partial charge in [0.25, 0.3) is 0 Å². The Morgan fingerprint density at radius 3 is 2.12 bits per heavy atom. The number of carboxylic acids is 1. The van der Waals surface area contributed by atoms with E-state index >= 15 is 0 Å². The molecule has 0 amide bonds. The second-order valence-electron chi connectivity index (χ2n) is 5.03. The molecule has 0 saturated heterocycles. The Labute approximate surface area is 146 Å². The third-order valence-corrected chi connectivity index (χ3v) is 3.47. The highest BCUT2D eigenvalue weighted by molar-refractivity contribution is 5.90. The summed E-state index contributed by atoms with van der Waals surface area (Å²) < 4.78 is 4.83. The van der Waals surface area contributed by atoms with Crippen LogP contribution in [0.15, 0.2) is 78.9 Å². The number of nitrogens with zero attached hydrogens (tertiary/aromatic N) is 1. The zero-order valence-electron chi connectivity index (χ0n) is 13.7. The van der Waals surface area contributed by atoms with Crippen molar-refractivity contribution in [1.29, 1.82) is 5.26 Å². The van der Waals surface area contributed by atoms with Crippen molar-refractivity contribution in [3.05, 3.63) is 90.0 Å². The van der Waals surface area contributed by atoms with E-state index in [-0.39, 0.29) is 5.56 Å². The van der Waals surface area contributed by atoms with Crippen molar-refractivity contribution in [1.82, 2.24) is 0 Å². The number of carbonyl (C=O) groups is 1. The zero-order valence-corrected chi connectivity index (χ0v) is 13.7. The molecule has 0 saturated carbocycles. The molecule has 3 aromatic rings. The molecule has 4 nitrogen and oxygen atoms in total. The monoisotopic (exact) mass is 331 g/mol. The maximum Gasteiger partial charge on any atom is 0.339 e. The number of hydrogen-bond acceptors (Lipinski definition) is 3. The number of carboxylic acid groups (broad SMARTS) is 1. The van der Waals surface area contributed by atoms with Crippen LogP contribution in [-0.2, 0) is 0 Å². The number of nitriles is 1. The molecule has 3 rings (SSSR count). The van der Waals surface area contributed by atoms with Crippen LogP contribution in [0.2, 0.25) is 0 Å². The quantitative estimate of drug-likeness (QED) is 0.760. The first-order valence-corrected chi connectivity index (χ1v) is 7.58. The van der Waals surface area contributed by atoms with E-state index in [9.17, 15) is 4.79 Å². The van der Waals surface area contributed by atoms with Crippen molar-refractivity contribution in [2.75, 3.05) is 7.11 Å². The molecule has 0 unspecified atom stereocenters. The standard InChI is InChI=1S/C13H9N.C8H8O3/c14-10-12-8-4-5-9-13(12)11-6-2-1-3-7-11;1-11-7-5-3-2-4-6(7)8(9)10/h1-9H;2-5H,1H3,(H,9,10). The third-order valence-electron chi connectivity index (χ3n) is 3.47. The van der Waals surface area contributed by atoms with Gasteiger partial charge in [-0.1, -0.05) is 60.7 Å². The number of hydrogen-bond donors (Lipinski definition) is 1. The molecule has 0 radical (unpaired) electrons. The average Bonchev–Trinajstić information content (AvgIpc) is 2.69. The number of para-hydroxylation sites is 1. The average molecular weight is 331 g/mol. The lowest BCUT2D eigenvalue weighted by atomic mass is 10.0. The van der Waals surface area contributed by atoms with Gasteiger partial charge in [0.1, 0.15) is 11.3 Å². The van der Waals surface area contributed by atoms with Crippen LogP contribution in [0.1, 0.15) is 15.9 Å². The lowest BCUT2D eigenvalue weighted by molar-refractivity contribution is 0.0693. The van der Waals surface area contributed by atoms with Crippen LogP contribution in [0.5, 0.6) is 5.75 Å². The number of methoxy groups -OCH3 is 1. The Kier molecular flexibility index (Phi) is 6.32. The van der Waals surface area contributed by atoms with Gasteiger partial charge >= 0.3 is 5.97 Å². The molecule has 124 valence electrons. The van der Waals surface area contributed by atoms with Gasteiger partial charge in [0.15, 0.2) is 0 Å². The molecule has 1 N–H and O–H groups in total. The first-order chi connectivity index (χ1) is 12.2. The van der Waals surface area contributed by atoms with Crippen LogP contribution in [0.25, 0.3) is 11.1 Å². The summed E-state index contributed by atoms with van der Waals surface area (Å²) in [7, 11) is 1.45. The van der Waals surface area contributed by atoms with Crippen LogP contribution < -0.4 is 4.74 Å². The predicted octanol–water partition coefficient (Wildman–Crippen LogP) is 4.62. The van der Waals surface area contributed by atoms with Gasteiger partial charge in [-0.25, -0.2) is 4.79 Å². The van der Waals surface area contributed by atoms with Crippen LogP contribution in [0.4, 0.5) is 0 Å². The fourth-order valence-corrected chi connectivity index (χ4v) is 2.27. The number of rotatable bonds is 3. The summed E-state index contributed by atoms with van der Waals surface area (Å²) in [5, 5.41) is 17.5. The van der Waals surface area contributed by atoms with E-state index in [4.69, 9.17) is 15.1 Å². The van der Waals surface area contributed by atoms with Gasteiger partial charge < -0.3 is 9.84 Å². The minimum Gasteiger partial charge on any atom is -0.496 e. The number of benzene rings is 3. The van der Waals surface area contributed by atoms with Crippen molar-refractivity contribution in [3.63, 3.8) is 0 Å². The molecule has 4 heteroatoms. The molecule has 0 aliphatic carbocycles. The van der Waals surface area contributed by atoms with E-state index in [2.05, 4.69) is 6.07 Å². The topological polar surface area (TPSA) is 70.3 Å². The fourth-order valence-electron chi connectivity index (χ4n) is 2.27. The predicted molar refractivity (Wildman–Crippen MR) is 96.5 cm³/mol. The SMILES string of the molecule is COc1ccccc1C(=O)O.N#Cc1ccccc1-c1ccccc1. The normalized spacial score (nSPS) is 9.28. The van der Waals surface area contributed by atoms with Crippen molar-refractivity contribution in [3.8, 4) is 22.9 Å². The lowest BCUT2D eigenvalue weighted by Gasteiger charge is -2.02. The lowest BCUT2D eigenvalue weighted by Crippen LogP contribution is -1.99. The second kappa shape index (κ2) is 8.90. The van der Waals surface area contributed by atoms with Crippen LogP contribution in [0, 0.1) is 11.3 Å². The van der Waals surface area contributed by atoms with E-state index in [1.54, 1.807) is 18.2 Å². The van der Waals surface area contributed by atoms with Gasteiger partial charge in [0.05, 0.1) is 18.7 Å². The molecule has 25 heavy (non-hydrogen) atoms. The minimum absolute atomic E-state index is 0.190. The van der Waals surface area contributed by atoms with Gasteiger partial charge in [-0.05, 0) is 29.3 Å². The first-order valence-electron chi connectivity index (χ1n) is 7.58. The molecule has 0 heterocycles. The Morgan fingerprint density at radius 1 is 0.920 bits per heavy atom. The van der Waals surface area contributed by atoms with Crippen molar-refractivity contribution < 1.29 is 14.6 Å². The summed E-state index contributed by atoms with van der Waals surface area (Å²) in [6, 6.07) is 26.3. The largest absolute Gasteiger partial charge is 0.496 e. The molecule has 0 bridgehead atoms. The van der Waals surface area contributed by atoms with Gasteiger partial charge in [0.2, 0.25) is 0 Å². The minimum atomic E-state index is -0.970. The van der Waals surface area contributed by atoms with Crippen molar-refractivity contribution >= 4 is 5.97 Å². The molecule has 0 atom stereocenters. The molecule has 0 aliphatic rings. The summed E-state index contributed by atoms with van der Waals surface area (Å²) in [6.07, 6.45) is 0.